The molecule has 0 spiro atoms. The Bertz CT molecular complexity index is 823. The monoisotopic (exact) mass is 409 g/mol. The number of hydrogen-bond acceptors (Lipinski definition) is 6. The Morgan fingerprint density at radius 1 is 1.29 bits per heavy atom. The van der Waals surface area contributed by atoms with Gasteiger partial charge in [0.25, 0.3) is 0 Å². The zero-order valence-corrected chi connectivity index (χ0v) is 18.9. The van der Waals surface area contributed by atoms with Gasteiger partial charge in [0, 0.05) is 25.6 Å². The summed E-state index contributed by atoms with van der Waals surface area (Å²) in [5.41, 5.74) is 0.293. The lowest BCUT2D eigenvalue weighted by atomic mass is 10.2. The fourth-order valence-electron chi connectivity index (χ4n) is 2.52. The van der Waals surface area contributed by atoms with Crippen molar-refractivity contribution in [3.63, 3.8) is 0 Å². The van der Waals surface area contributed by atoms with Gasteiger partial charge in [-0.2, -0.15) is 5.10 Å². The first-order chi connectivity index (χ1) is 13.0. The molecule has 2 aromatic heterocycles. The number of nitro groups is 1. The fraction of sp³-hybridized carbons (Fsp3) is 0.667. The molecule has 0 saturated carbocycles. The van der Waals surface area contributed by atoms with Gasteiger partial charge < -0.3 is 9.16 Å². The quantitative estimate of drug-likeness (QED) is 0.268. The first-order valence-electron chi connectivity index (χ1n) is 9.52. The lowest BCUT2D eigenvalue weighted by Gasteiger charge is -2.36. The van der Waals surface area contributed by atoms with Crippen LogP contribution in [0.5, 0.6) is 5.88 Å². The van der Waals surface area contributed by atoms with Crippen molar-refractivity contribution in [3.8, 4) is 11.7 Å². The first-order valence-corrected chi connectivity index (χ1v) is 12.4. The van der Waals surface area contributed by atoms with Gasteiger partial charge in [0.2, 0.25) is 0 Å². The average Bonchev–Trinajstić information content (AvgIpc) is 3.17. The zero-order chi connectivity index (χ0) is 21.1. The Balaban J connectivity index is 2.08. The van der Waals surface area contributed by atoms with E-state index in [9.17, 15) is 10.1 Å². The number of ether oxygens (including phenoxy) is 1. The van der Waals surface area contributed by atoms with Crippen molar-refractivity contribution >= 4 is 14.0 Å². The minimum atomic E-state index is -1.81. The standard InChI is InChI=1S/C18H31N5O4Si/c1-8-21-15(10-11-19-21)22-14(2)16(23(24)25)17(20-22)26-12-9-13-27-28(6,7)18(3,4)5/h10-11H,8-9,12-13H2,1-7H3. The fourth-order valence-corrected chi connectivity index (χ4v) is 3.61. The van der Waals surface area contributed by atoms with Crippen molar-refractivity contribution in [2.45, 2.75) is 65.7 Å². The molecule has 0 saturated heterocycles. The van der Waals surface area contributed by atoms with E-state index in [1.54, 1.807) is 23.9 Å². The summed E-state index contributed by atoms with van der Waals surface area (Å²) < 4.78 is 15.0. The molecule has 0 bridgehead atoms. The average molecular weight is 410 g/mol. The summed E-state index contributed by atoms with van der Waals surface area (Å²) in [6.45, 7) is 16.1. The second kappa shape index (κ2) is 8.44. The molecule has 0 aromatic carbocycles. The van der Waals surface area contributed by atoms with Crippen molar-refractivity contribution in [1.29, 1.82) is 0 Å². The van der Waals surface area contributed by atoms with Gasteiger partial charge in [-0.05, 0) is 32.0 Å². The second-order valence-corrected chi connectivity index (χ2v) is 13.0. The highest BCUT2D eigenvalue weighted by Crippen LogP contribution is 2.36. The number of nitrogens with zero attached hydrogens (tertiary/aromatic N) is 5. The summed E-state index contributed by atoms with van der Waals surface area (Å²) in [5, 5.41) is 20.2. The van der Waals surface area contributed by atoms with E-state index in [0.717, 1.165) is 0 Å². The first kappa shape index (κ1) is 22.1. The molecule has 0 fully saturated rings. The molecule has 9 nitrogen and oxygen atoms in total. The van der Waals surface area contributed by atoms with Crippen LogP contribution in [0.2, 0.25) is 18.1 Å². The van der Waals surface area contributed by atoms with E-state index in [2.05, 4.69) is 44.1 Å². The summed E-state index contributed by atoms with van der Waals surface area (Å²) in [6, 6.07) is 1.77. The third-order valence-corrected chi connectivity index (χ3v) is 9.78. The van der Waals surface area contributed by atoms with E-state index in [0.29, 0.717) is 37.7 Å². The molecular formula is C18H31N5O4Si. The molecule has 0 aliphatic rings. The Hall–Kier alpha value is -2.20. The maximum absolute atomic E-state index is 11.5. The summed E-state index contributed by atoms with van der Waals surface area (Å²) in [4.78, 5) is 11.1. The minimum Gasteiger partial charge on any atom is -0.472 e. The predicted octanol–water partition coefficient (Wildman–Crippen LogP) is 4.10. The van der Waals surface area contributed by atoms with Crippen molar-refractivity contribution in [3.05, 3.63) is 28.1 Å². The highest BCUT2D eigenvalue weighted by atomic mass is 28.4. The van der Waals surface area contributed by atoms with Gasteiger partial charge in [0.05, 0.1) is 17.7 Å². The van der Waals surface area contributed by atoms with Crippen LogP contribution in [0.4, 0.5) is 5.69 Å². The zero-order valence-electron chi connectivity index (χ0n) is 17.9. The molecule has 0 N–H and O–H groups in total. The molecule has 28 heavy (non-hydrogen) atoms. The van der Waals surface area contributed by atoms with Gasteiger partial charge in [-0.3, -0.25) is 10.1 Å². The lowest BCUT2D eigenvalue weighted by molar-refractivity contribution is -0.386. The number of hydrogen-bond donors (Lipinski definition) is 0. The van der Waals surface area contributed by atoms with Crippen LogP contribution in [-0.2, 0) is 11.0 Å². The van der Waals surface area contributed by atoms with E-state index in [-0.39, 0.29) is 16.6 Å². The Morgan fingerprint density at radius 3 is 2.54 bits per heavy atom. The highest BCUT2D eigenvalue weighted by Gasteiger charge is 2.36. The summed E-state index contributed by atoms with van der Waals surface area (Å²) in [6.07, 6.45) is 2.28. The highest BCUT2D eigenvalue weighted by molar-refractivity contribution is 6.74. The number of aryl methyl sites for hydroxylation is 1. The van der Waals surface area contributed by atoms with Crippen molar-refractivity contribution in [2.75, 3.05) is 13.2 Å². The Kier molecular flexibility index (Phi) is 6.66. The molecule has 156 valence electrons. The van der Waals surface area contributed by atoms with Crippen LogP contribution in [0.25, 0.3) is 5.82 Å². The normalized spacial score (nSPS) is 12.4. The molecule has 0 unspecified atom stereocenters. The van der Waals surface area contributed by atoms with Crippen LogP contribution >= 0.6 is 0 Å². The molecule has 0 amide bonds. The SMILES string of the molecule is CCn1nccc1-n1nc(OCCCO[Si](C)(C)C(C)(C)C)c([N+](=O)[O-])c1C. The van der Waals surface area contributed by atoms with Crippen LogP contribution in [-0.4, -0.2) is 46.0 Å². The molecule has 0 atom stereocenters. The molecule has 10 heteroatoms. The maximum Gasteiger partial charge on any atom is 0.353 e. The second-order valence-electron chi connectivity index (χ2n) is 8.22. The van der Waals surface area contributed by atoms with Crippen LogP contribution in [0.15, 0.2) is 12.3 Å². The van der Waals surface area contributed by atoms with Gasteiger partial charge in [-0.1, -0.05) is 20.8 Å². The van der Waals surface area contributed by atoms with Crippen LogP contribution in [0.1, 0.15) is 39.8 Å². The maximum atomic E-state index is 11.5. The van der Waals surface area contributed by atoms with Crippen LogP contribution in [0, 0.1) is 17.0 Å². The van der Waals surface area contributed by atoms with E-state index in [4.69, 9.17) is 9.16 Å². The predicted molar refractivity (Wildman–Crippen MR) is 110 cm³/mol. The molecule has 2 heterocycles. The lowest BCUT2D eigenvalue weighted by Crippen LogP contribution is -2.41. The van der Waals surface area contributed by atoms with Gasteiger partial charge in [-0.25, -0.2) is 9.36 Å². The molecule has 2 rings (SSSR count). The topological polar surface area (TPSA) is 97.2 Å². The minimum absolute atomic E-state index is 0.0266. The van der Waals surface area contributed by atoms with Crippen molar-refractivity contribution in [1.82, 2.24) is 19.6 Å². The third-order valence-electron chi connectivity index (χ3n) is 5.24. The van der Waals surface area contributed by atoms with E-state index < -0.39 is 13.2 Å². The Morgan fingerprint density at radius 2 is 1.96 bits per heavy atom. The third kappa shape index (κ3) is 4.61. The van der Waals surface area contributed by atoms with Crippen molar-refractivity contribution in [2.24, 2.45) is 0 Å². The van der Waals surface area contributed by atoms with Crippen molar-refractivity contribution < 1.29 is 14.1 Å². The van der Waals surface area contributed by atoms with Crippen LogP contribution < -0.4 is 4.74 Å². The molecule has 0 aliphatic heterocycles. The molecular weight excluding hydrogens is 378 g/mol. The van der Waals surface area contributed by atoms with E-state index in [1.807, 2.05) is 6.92 Å². The molecule has 0 aliphatic carbocycles. The summed E-state index contributed by atoms with van der Waals surface area (Å²) >= 11 is 0. The Labute approximate surface area is 166 Å². The summed E-state index contributed by atoms with van der Waals surface area (Å²) in [7, 11) is -1.81. The van der Waals surface area contributed by atoms with Gasteiger partial charge >= 0.3 is 11.6 Å². The largest absolute Gasteiger partial charge is 0.472 e. The van der Waals surface area contributed by atoms with Gasteiger partial charge in [0.15, 0.2) is 14.1 Å². The molecule has 0 radical (unpaired) electrons. The van der Waals surface area contributed by atoms with Crippen LogP contribution in [0.3, 0.4) is 0 Å². The molecule has 2 aromatic rings. The van der Waals surface area contributed by atoms with Gasteiger partial charge in [-0.15, -0.1) is 5.10 Å². The number of aromatic nitrogens is 4. The van der Waals surface area contributed by atoms with E-state index in [1.165, 1.54) is 4.68 Å². The number of rotatable bonds is 9. The summed E-state index contributed by atoms with van der Waals surface area (Å²) in [5.74, 6) is 0.692. The van der Waals surface area contributed by atoms with Gasteiger partial charge in [0.1, 0.15) is 5.69 Å². The van der Waals surface area contributed by atoms with E-state index >= 15 is 0 Å². The smallest absolute Gasteiger partial charge is 0.353 e.